The van der Waals surface area contributed by atoms with Crippen LogP contribution in [0, 0.1) is 0 Å². The molecular formula is C19H29N5O6S2. The van der Waals surface area contributed by atoms with Crippen LogP contribution < -0.4 is 20.7 Å². The van der Waals surface area contributed by atoms with Crippen molar-refractivity contribution in [3.63, 3.8) is 0 Å². The van der Waals surface area contributed by atoms with Gasteiger partial charge in [0.25, 0.3) is 5.91 Å². The van der Waals surface area contributed by atoms with Gasteiger partial charge in [0.15, 0.2) is 5.96 Å². The van der Waals surface area contributed by atoms with E-state index in [1.165, 1.54) is 11.3 Å². The molecule has 0 aliphatic carbocycles. The lowest BCUT2D eigenvalue weighted by molar-refractivity contribution is -0.138. The Hall–Kier alpha value is -2.51. The number of unbranched alkanes of at least 4 members (excludes halogenated alkanes) is 1. The lowest BCUT2D eigenvalue weighted by atomic mass is 10.2. The van der Waals surface area contributed by atoms with Gasteiger partial charge in [-0.15, -0.1) is 11.3 Å². The number of guanidine groups is 1. The molecule has 0 saturated carbocycles. The summed E-state index contributed by atoms with van der Waals surface area (Å²) in [5.41, 5.74) is 0. The number of hydrogen-bond acceptors (Lipinski definition) is 8. The summed E-state index contributed by atoms with van der Waals surface area (Å²) in [6.07, 6.45) is 2.66. The van der Waals surface area contributed by atoms with Crippen molar-refractivity contribution in [2.24, 2.45) is 4.99 Å². The Morgan fingerprint density at radius 3 is 2.75 bits per heavy atom. The average Bonchev–Trinajstić information content (AvgIpc) is 3.23. The van der Waals surface area contributed by atoms with E-state index >= 15 is 0 Å². The van der Waals surface area contributed by atoms with Gasteiger partial charge in [-0.2, -0.15) is 4.72 Å². The maximum absolute atomic E-state index is 12.3. The van der Waals surface area contributed by atoms with Crippen LogP contribution in [0.5, 0.6) is 0 Å². The van der Waals surface area contributed by atoms with Crippen LogP contribution in [0.4, 0.5) is 0 Å². The van der Waals surface area contributed by atoms with Gasteiger partial charge in [-0.05, 0) is 31.4 Å². The molecule has 0 bridgehead atoms. The van der Waals surface area contributed by atoms with Gasteiger partial charge in [-0.1, -0.05) is 13.3 Å². The second kappa shape index (κ2) is 12.5. The quantitative estimate of drug-likeness (QED) is 0.278. The molecule has 1 aromatic heterocycles. The number of carboxylic acids is 1. The first-order valence-corrected chi connectivity index (χ1v) is 12.8. The molecule has 0 fully saturated rings. The summed E-state index contributed by atoms with van der Waals surface area (Å²) in [5.74, 6) is -1.76. The van der Waals surface area contributed by atoms with Crippen LogP contribution in [0.3, 0.4) is 0 Å². The van der Waals surface area contributed by atoms with Crippen molar-refractivity contribution in [1.29, 1.82) is 0 Å². The van der Waals surface area contributed by atoms with Crippen LogP contribution in [0.25, 0.3) is 0 Å². The number of sulfonamides is 1. The summed E-state index contributed by atoms with van der Waals surface area (Å²) in [6, 6.07) is 1.85. The molecule has 0 aromatic carbocycles. The molecule has 2 rings (SSSR count). The number of nitrogens with zero attached hydrogens (tertiary/aromatic N) is 1. The van der Waals surface area contributed by atoms with Crippen LogP contribution in [0.15, 0.2) is 17.1 Å². The highest BCUT2D eigenvalue weighted by Gasteiger charge is 2.24. The first kappa shape index (κ1) is 25.7. The van der Waals surface area contributed by atoms with E-state index in [1.807, 2.05) is 6.92 Å². The molecule has 2 amide bonds. The molecular weight excluding hydrogens is 458 g/mol. The van der Waals surface area contributed by atoms with Gasteiger partial charge in [0, 0.05) is 30.9 Å². The predicted molar refractivity (Wildman–Crippen MR) is 121 cm³/mol. The van der Waals surface area contributed by atoms with E-state index in [0.717, 1.165) is 17.8 Å². The molecule has 0 spiro atoms. The molecule has 32 heavy (non-hydrogen) atoms. The Morgan fingerprint density at radius 1 is 1.31 bits per heavy atom. The summed E-state index contributed by atoms with van der Waals surface area (Å²) in [6.45, 7) is 2.89. The molecule has 1 aromatic rings. The molecule has 13 heteroatoms. The average molecular weight is 488 g/mol. The largest absolute Gasteiger partial charge is 0.480 e. The highest BCUT2D eigenvalue weighted by molar-refractivity contribution is 7.89. The highest BCUT2D eigenvalue weighted by Crippen LogP contribution is 2.18. The zero-order valence-corrected chi connectivity index (χ0v) is 19.5. The third kappa shape index (κ3) is 8.93. The number of carbonyl (C=O) groups excluding carboxylic acids is 2. The lowest BCUT2D eigenvalue weighted by Gasteiger charge is -2.15. The third-order valence-corrected chi connectivity index (χ3v) is 7.11. The fourth-order valence-corrected chi connectivity index (χ4v) is 5.08. The standard InChI is InChI=1S/C19H29N5O6S2/c1-2-3-11-32(29,30)24-14(18(27)28)12-22-17(26)15-7-5-13(31-15)6-8-16(25)23-19-20-9-4-10-21-19/h5,7,14,24H,2-4,6,8-12H2,1H3,(H,22,26)(H,27,28)(H2,20,21,23,25)/t14-/m0/s1. The van der Waals surface area contributed by atoms with E-state index in [1.54, 1.807) is 12.1 Å². The van der Waals surface area contributed by atoms with Crippen LogP contribution in [-0.2, 0) is 26.0 Å². The fourth-order valence-electron chi connectivity index (χ4n) is 2.75. The Morgan fingerprint density at radius 2 is 2.09 bits per heavy atom. The molecule has 0 unspecified atom stereocenters. The van der Waals surface area contributed by atoms with E-state index in [9.17, 15) is 27.9 Å². The van der Waals surface area contributed by atoms with Crippen molar-refractivity contribution in [2.45, 2.75) is 45.1 Å². The van der Waals surface area contributed by atoms with Gasteiger partial charge in [0.05, 0.1) is 10.6 Å². The summed E-state index contributed by atoms with van der Waals surface area (Å²) >= 11 is 1.19. The number of aliphatic imine (C=N–C) groups is 1. The van der Waals surface area contributed by atoms with Crippen molar-refractivity contribution in [2.75, 3.05) is 25.4 Å². The van der Waals surface area contributed by atoms with E-state index in [4.69, 9.17) is 0 Å². The number of aryl methyl sites for hydroxylation is 1. The maximum Gasteiger partial charge on any atom is 0.323 e. The molecule has 1 aliphatic rings. The van der Waals surface area contributed by atoms with E-state index in [0.29, 0.717) is 36.6 Å². The van der Waals surface area contributed by atoms with E-state index in [-0.39, 0.29) is 24.6 Å². The molecule has 0 radical (unpaired) electrons. The molecule has 11 nitrogen and oxygen atoms in total. The zero-order chi connectivity index (χ0) is 23.6. The minimum absolute atomic E-state index is 0.174. The van der Waals surface area contributed by atoms with Crippen LogP contribution in [-0.4, -0.2) is 68.7 Å². The Balaban J connectivity index is 1.82. The number of carboxylic acid groups (broad SMARTS) is 1. The number of carbonyl (C=O) groups is 3. The molecule has 0 saturated heterocycles. The summed E-state index contributed by atoms with van der Waals surface area (Å²) in [7, 11) is -3.75. The van der Waals surface area contributed by atoms with E-state index < -0.39 is 27.9 Å². The minimum Gasteiger partial charge on any atom is -0.480 e. The topological polar surface area (TPSA) is 166 Å². The molecule has 5 N–H and O–H groups in total. The van der Waals surface area contributed by atoms with Crippen LogP contribution in [0.1, 0.15) is 47.2 Å². The summed E-state index contributed by atoms with van der Waals surface area (Å²) in [4.78, 5) is 41.1. The first-order valence-electron chi connectivity index (χ1n) is 10.4. The van der Waals surface area contributed by atoms with Gasteiger partial charge < -0.3 is 15.7 Å². The fraction of sp³-hybridized carbons (Fsp3) is 0.579. The number of aliphatic carboxylic acids is 1. The van der Waals surface area contributed by atoms with Gasteiger partial charge in [0.1, 0.15) is 6.04 Å². The highest BCUT2D eigenvalue weighted by atomic mass is 32.2. The number of hydrogen-bond donors (Lipinski definition) is 5. The van der Waals surface area contributed by atoms with E-state index in [2.05, 4.69) is 25.7 Å². The van der Waals surface area contributed by atoms with Crippen molar-refractivity contribution >= 4 is 45.1 Å². The number of rotatable bonds is 12. The lowest BCUT2D eigenvalue weighted by Crippen LogP contribution is -2.48. The predicted octanol–water partition coefficient (Wildman–Crippen LogP) is 0.0487. The Kier molecular flexibility index (Phi) is 10.1. The minimum atomic E-state index is -3.75. The number of amides is 2. The van der Waals surface area contributed by atoms with Crippen LogP contribution in [0.2, 0.25) is 0 Å². The van der Waals surface area contributed by atoms with Gasteiger partial charge in [-0.3, -0.25) is 24.7 Å². The number of nitrogens with one attached hydrogen (secondary N) is 4. The maximum atomic E-state index is 12.3. The zero-order valence-electron chi connectivity index (χ0n) is 17.8. The van der Waals surface area contributed by atoms with Crippen molar-refractivity contribution < 1.29 is 27.9 Å². The van der Waals surface area contributed by atoms with Crippen molar-refractivity contribution in [3.05, 3.63) is 21.9 Å². The van der Waals surface area contributed by atoms with Crippen molar-refractivity contribution in [1.82, 2.24) is 20.7 Å². The summed E-state index contributed by atoms with van der Waals surface area (Å²) < 4.78 is 26.0. The molecule has 1 aliphatic heterocycles. The molecule has 178 valence electrons. The Bertz CT molecular complexity index is 944. The van der Waals surface area contributed by atoms with Crippen LogP contribution >= 0.6 is 11.3 Å². The number of thiophene rings is 1. The van der Waals surface area contributed by atoms with Gasteiger partial charge in [-0.25, -0.2) is 8.42 Å². The molecule has 2 heterocycles. The Labute approximate surface area is 191 Å². The monoisotopic (exact) mass is 487 g/mol. The molecule has 1 atom stereocenters. The first-order chi connectivity index (χ1) is 15.2. The second-order valence-electron chi connectivity index (χ2n) is 7.22. The smallest absolute Gasteiger partial charge is 0.323 e. The third-order valence-electron chi connectivity index (χ3n) is 4.49. The normalized spacial score (nSPS) is 14.7. The van der Waals surface area contributed by atoms with Gasteiger partial charge in [0.2, 0.25) is 15.9 Å². The summed E-state index contributed by atoms with van der Waals surface area (Å²) in [5, 5.41) is 17.4. The van der Waals surface area contributed by atoms with Crippen molar-refractivity contribution in [3.8, 4) is 0 Å². The second-order valence-corrected chi connectivity index (χ2v) is 10.3. The SMILES string of the molecule is CCCCS(=O)(=O)N[C@@H](CNC(=O)c1ccc(CCC(=O)NC2=NCCCN2)s1)C(=O)O. The van der Waals surface area contributed by atoms with Gasteiger partial charge >= 0.3 is 5.97 Å².